The van der Waals surface area contributed by atoms with Gasteiger partial charge in [-0.15, -0.1) is 0 Å². The van der Waals surface area contributed by atoms with Crippen molar-refractivity contribution in [2.24, 2.45) is 40.4 Å². The molecule has 0 spiro atoms. The number of allylic oxidation sites excluding steroid dienone is 1. The number of rotatable bonds is 4. The van der Waals surface area contributed by atoms with Crippen molar-refractivity contribution in [1.82, 2.24) is 0 Å². The normalized spacial score (nSPS) is 46.2. The molecule has 2 nitrogen and oxygen atoms in total. The summed E-state index contributed by atoms with van der Waals surface area (Å²) >= 11 is 0. The monoisotopic (exact) mass is 358 g/mol. The van der Waals surface area contributed by atoms with Gasteiger partial charge in [-0.25, -0.2) is 0 Å². The van der Waals surface area contributed by atoms with Crippen LogP contribution < -0.4 is 0 Å². The SMILES string of the molecule is C[C@H](CCCO)[C@H]1CC[C@H]2[C@@H]3CCC4=CC(=O)CC[C@]4(C)[C@H]3CC[C@]12C. The first kappa shape index (κ1) is 18.7. The third-order valence-corrected chi connectivity index (χ3v) is 9.54. The number of hydrogen-bond donors (Lipinski definition) is 1. The highest BCUT2D eigenvalue weighted by atomic mass is 16.2. The largest absolute Gasteiger partial charge is 0.396 e. The van der Waals surface area contributed by atoms with E-state index in [1.165, 1.54) is 50.5 Å². The van der Waals surface area contributed by atoms with Gasteiger partial charge in [-0.3, -0.25) is 4.79 Å². The minimum atomic E-state index is 0.304. The van der Waals surface area contributed by atoms with Crippen LogP contribution in [0.15, 0.2) is 11.6 Å². The van der Waals surface area contributed by atoms with Crippen LogP contribution in [0.4, 0.5) is 0 Å². The van der Waals surface area contributed by atoms with Crippen LogP contribution in [-0.2, 0) is 4.79 Å². The van der Waals surface area contributed by atoms with Gasteiger partial charge in [-0.1, -0.05) is 26.3 Å². The van der Waals surface area contributed by atoms with E-state index in [1.54, 1.807) is 0 Å². The van der Waals surface area contributed by atoms with Crippen molar-refractivity contribution >= 4 is 5.78 Å². The highest BCUT2D eigenvalue weighted by molar-refractivity contribution is 5.91. The molecule has 0 unspecified atom stereocenters. The third-order valence-electron chi connectivity index (χ3n) is 9.54. The summed E-state index contributed by atoms with van der Waals surface area (Å²) in [6.45, 7) is 7.88. The Balaban J connectivity index is 1.56. The summed E-state index contributed by atoms with van der Waals surface area (Å²) in [5.74, 6) is 4.53. The molecule has 0 amide bonds. The van der Waals surface area contributed by atoms with E-state index in [0.717, 1.165) is 48.9 Å². The summed E-state index contributed by atoms with van der Waals surface area (Å²) in [5.41, 5.74) is 2.31. The molecule has 26 heavy (non-hydrogen) atoms. The fourth-order valence-electron chi connectivity index (χ4n) is 8.15. The number of ketones is 1. The lowest BCUT2D eigenvalue weighted by Gasteiger charge is -2.58. The summed E-state index contributed by atoms with van der Waals surface area (Å²) in [6, 6.07) is 0. The number of fused-ring (bicyclic) bond motifs is 5. The van der Waals surface area contributed by atoms with Crippen molar-refractivity contribution in [3.05, 3.63) is 11.6 Å². The van der Waals surface area contributed by atoms with Crippen molar-refractivity contribution in [3.8, 4) is 0 Å². The van der Waals surface area contributed by atoms with Crippen LogP contribution in [0, 0.1) is 40.4 Å². The van der Waals surface area contributed by atoms with E-state index >= 15 is 0 Å². The molecule has 0 bridgehead atoms. The Labute approximate surface area is 159 Å². The molecule has 2 heteroatoms. The van der Waals surface area contributed by atoms with Gasteiger partial charge in [0.1, 0.15) is 0 Å². The number of hydrogen-bond acceptors (Lipinski definition) is 2. The zero-order valence-corrected chi connectivity index (χ0v) is 17.1. The van der Waals surface area contributed by atoms with Crippen LogP contribution in [-0.4, -0.2) is 17.5 Å². The summed E-state index contributed by atoms with van der Waals surface area (Å²) in [5, 5.41) is 9.24. The molecule has 4 aliphatic carbocycles. The van der Waals surface area contributed by atoms with Gasteiger partial charge >= 0.3 is 0 Å². The van der Waals surface area contributed by atoms with E-state index in [9.17, 15) is 9.90 Å². The molecular weight excluding hydrogens is 320 g/mol. The molecule has 7 atom stereocenters. The first-order chi connectivity index (χ1) is 12.4. The van der Waals surface area contributed by atoms with Gasteiger partial charge in [0.15, 0.2) is 5.78 Å². The molecule has 0 saturated heterocycles. The van der Waals surface area contributed by atoms with Crippen LogP contribution in [0.3, 0.4) is 0 Å². The first-order valence-corrected chi connectivity index (χ1v) is 11.2. The maximum atomic E-state index is 12.0. The molecule has 3 saturated carbocycles. The molecule has 0 aliphatic heterocycles. The first-order valence-electron chi connectivity index (χ1n) is 11.2. The maximum Gasteiger partial charge on any atom is 0.155 e. The van der Waals surface area contributed by atoms with E-state index in [-0.39, 0.29) is 0 Å². The van der Waals surface area contributed by atoms with E-state index in [1.807, 2.05) is 6.08 Å². The lowest BCUT2D eigenvalue weighted by Crippen LogP contribution is -2.50. The summed E-state index contributed by atoms with van der Waals surface area (Å²) in [6.07, 6.45) is 14.1. The second-order valence-corrected chi connectivity index (χ2v) is 10.5. The van der Waals surface area contributed by atoms with E-state index < -0.39 is 0 Å². The zero-order chi connectivity index (χ0) is 18.5. The smallest absolute Gasteiger partial charge is 0.155 e. The fourth-order valence-corrected chi connectivity index (χ4v) is 8.15. The zero-order valence-electron chi connectivity index (χ0n) is 17.1. The summed E-state index contributed by atoms with van der Waals surface area (Å²) in [4.78, 5) is 12.0. The van der Waals surface area contributed by atoms with Crippen LogP contribution in [0.2, 0.25) is 0 Å². The van der Waals surface area contributed by atoms with Crippen molar-refractivity contribution in [1.29, 1.82) is 0 Å². The highest BCUT2D eigenvalue weighted by Crippen LogP contribution is 2.67. The number of carbonyl (C=O) groups excluding carboxylic acids is 1. The number of carbonyl (C=O) groups is 1. The van der Waals surface area contributed by atoms with Gasteiger partial charge < -0.3 is 5.11 Å². The van der Waals surface area contributed by atoms with Crippen LogP contribution in [0.25, 0.3) is 0 Å². The molecule has 4 rings (SSSR count). The standard InChI is InChI=1S/C24H38O2/c1-16(5-4-14-25)20-8-9-21-19-7-6-17-15-18(26)10-12-23(17,2)22(19)11-13-24(20,21)3/h15-16,19-22,25H,4-14H2,1-3H3/t16-,19+,20-,21+,22+,23+,24-/m1/s1. The molecule has 146 valence electrons. The Kier molecular flexibility index (Phi) is 4.87. The molecule has 0 aromatic heterocycles. The predicted molar refractivity (Wildman–Crippen MR) is 106 cm³/mol. The van der Waals surface area contributed by atoms with Gasteiger partial charge in [-0.05, 0) is 104 Å². The Hall–Kier alpha value is -0.630. The Bertz CT molecular complexity index is 593. The average molecular weight is 359 g/mol. The van der Waals surface area contributed by atoms with Crippen LogP contribution >= 0.6 is 0 Å². The Morgan fingerprint density at radius 2 is 1.92 bits per heavy atom. The highest BCUT2D eigenvalue weighted by Gasteiger charge is 2.59. The topological polar surface area (TPSA) is 37.3 Å². The summed E-state index contributed by atoms with van der Waals surface area (Å²) < 4.78 is 0. The van der Waals surface area contributed by atoms with Crippen LogP contribution in [0.5, 0.6) is 0 Å². The molecule has 3 fully saturated rings. The lowest BCUT2D eigenvalue weighted by molar-refractivity contribution is -0.117. The lowest BCUT2D eigenvalue weighted by atomic mass is 9.46. The quantitative estimate of drug-likeness (QED) is 0.716. The van der Waals surface area contributed by atoms with Gasteiger partial charge in [0.05, 0.1) is 0 Å². The van der Waals surface area contributed by atoms with E-state index in [0.29, 0.717) is 23.2 Å². The van der Waals surface area contributed by atoms with Gasteiger partial charge in [0.2, 0.25) is 0 Å². The third kappa shape index (κ3) is 2.74. The minimum absolute atomic E-state index is 0.304. The van der Waals surface area contributed by atoms with Crippen LogP contribution in [0.1, 0.15) is 85.0 Å². The van der Waals surface area contributed by atoms with Gasteiger partial charge in [-0.2, -0.15) is 0 Å². The van der Waals surface area contributed by atoms with Crippen molar-refractivity contribution in [2.45, 2.75) is 85.0 Å². The minimum Gasteiger partial charge on any atom is -0.396 e. The van der Waals surface area contributed by atoms with Crippen molar-refractivity contribution < 1.29 is 9.90 Å². The molecule has 0 aromatic carbocycles. The number of aliphatic hydroxyl groups is 1. The maximum absolute atomic E-state index is 12.0. The van der Waals surface area contributed by atoms with E-state index in [2.05, 4.69) is 20.8 Å². The second-order valence-electron chi connectivity index (χ2n) is 10.5. The summed E-state index contributed by atoms with van der Waals surface area (Å²) in [7, 11) is 0. The van der Waals surface area contributed by atoms with Gasteiger partial charge in [0.25, 0.3) is 0 Å². The van der Waals surface area contributed by atoms with E-state index in [4.69, 9.17) is 0 Å². The van der Waals surface area contributed by atoms with Crippen molar-refractivity contribution in [3.63, 3.8) is 0 Å². The molecule has 0 aromatic rings. The average Bonchev–Trinajstić information content (AvgIpc) is 2.97. The number of aliphatic hydroxyl groups excluding tert-OH is 1. The molecule has 0 radical (unpaired) electrons. The molecule has 4 aliphatic rings. The predicted octanol–water partition coefficient (Wildman–Crippen LogP) is 5.54. The fraction of sp³-hybridized carbons (Fsp3) is 0.875. The second kappa shape index (κ2) is 6.76. The molecule has 0 heterocycles. The molecule has 1 N–H and O–H groups in total. The molecular formula is C24H38O2. The Morgan fingerprint density at radius 1 is 1.12 bits per heavy atom. The van der Waals surface area contributed by atoms with Gasteiger partial charge in [0, 0.05) is 13.0 Å². The van der Waals surface area contributed by atoms with Crippen molar-refractivity contribution in [2.75, 3.05) is 6.61 Å². The Morgan fingerprint density at radius 3 is 2.69 bits per heavy atom.